The third-order valence-electron chi connectivity index (χ3n) is 5.15. The average Bonchev–Trinajstić information content (AvgIpc) is 2.71. The lowest BCUT2D eigenvalue weighted by atomic mass is 9.99. The van der Waals surface area contributed by atoms with Crippen LogP contribution in [0.1, 0.15) is 38.2 Å². The molecular weight excluding hydrogens is 370 g/mol. The molecule has 0 bridgehead atoms. The minimum Gasteiger partial charge on any atom is -0.345 e. The molecule has 5 heteroatoms. The molecule has 0 saturated heterocycles. The molecule has 0 fully saturated rings. The van der Waals surface area contributed by atoms with Gasteiger partial charge in [0.2, 0.25) is 5.91 Å². The molecule has 1 aliphatic rings. The van der Waals surface area contributed by atoms with E-state index in [1.807, 2.05) is 56.6 Å². The van der Waals surface area contributed by atoms with Crippen LogP contribution in [-0.4, -0.2) is 29.4 Å². The van der Waals surface area contributed by atoms with Crippen LogP contribution in [0.4, 0.5) is 5.69 Å². The second-order valence-corrected chi connectivity index (χ2v) is 7.56. The lowest BCUT2D eigenvalue weighted by molar-refractivity contribution is -0.129. The van der Waals surface area contributed by atoms with Gasteiger partial charge in [0.1, 0.15) is 0 Å². The number of hydrogen-bond donors (Lipinski definition) is 0. The number of aromatic nitrogens is 1. The zero-order valence-electron chi connectivity index (χ0n) is 16.6. The maximum atomic E-state index is 13.2. The van der Waals surface area contributed by atoms with E-state index < -0.39 is 0 Å². The second-order valence-electron chi connectivity index (χ2n) is 7.12. The predicted molar refractivity (Wildman–Crippen MR) is 115 cm³/mol. The van der Waals surface area contributed by atoms with Crippen molar-refractivity contribution in [3.63, 3.8) is 0 Å². The number of amides is 1. The monoisotopic (exact) mass is 395 g/mol. The Labute approximate surface area is 172 Å². The smallest absolute Gasteiger partial charge is 0.234 e. The lowest BCUT2D eigenvalue weighted by Gasteiger charge is -2.30. The number of benzene rings is 1. The van der Waals surface area contributed by atoms with Gasteiger partial charge in [0.15, 0.2) is 0 Å². The van der Waals surface area contributed by atoms with Crippen molar-refractivity contribution in [2.24, 2.45) is 0 Å². The first-order valence-corrected chi connectivity index (χ1v) is 9.94. The molecule has 146 valence electrons. The summed E-state index contributed by atoms with van der Waals surface area (Å²) in [5.41, 5.74) is 4.00. The molecule has 2 aromatic rings. The van der Waals surface area contributed by atoms with E-state index in [1.165, 1.54) is 0 Å². The Morgan fingerprint density at radius 1 is 1.25 bits per heavy atom. The molecule has 0 saturated carbocycles. The Morgan fingerprint density at radius 3 is 2.68 bits per heavy atom. The highest BCUT2D eigenvalue weighted by Gasteiger charge is 2.24. The van der Waals surface area contributed by atoms with Gasteiger partial charge in [-0.3, -0.25) is 9.78 Å². The van der Waals surface area contributed by atoms with Gasteiger partial charge in [-0.1, -0.05) is 29.8 Å². The quantitative estimate of drug-likeness (QED) is 0.696. The normalized spacial score (nSPS) is 15.8. The Balaban J connectivity index is 1.90. The number of allylic oxidation sites excluding steroid dienone is 2. The first-order valence-electron chi connectivity index (χ1n) is 9.56. The van der Waals surface area contributed by atoms with E-state index in [4.69, 9.17) is 11.6 Å². The number of halogens is 1. The highest BCUT2D eigenvalue weighted by Crippen LogP contribution is 2.26. The van der Waals surface area contributed by atoms with Crippen molar-refractivity contribution >= 4 is 23.2 Å². The molecule has 1 unspecified atom stereocenters. The van der Waals surface area contributed by atoms with Crippen molar-refractivity contribution < 1.29 is 4.79 Å². The topological polar surface area (TPSA) is 36.4 Å². The molecule has 0 radical (unpaired) electrons. The Bertz CT molecular complexity index is 874. The van der Waals surface area contributed by atoms with E-state index in [-0.39, 0.29) is 11.8 Å². The fraction of sp³-hybridized carbons (Fsp3) is 0.304. The maximum absolute atomic E-state index is 13.2. The van der Waals surface area contributed by atoms with E-state index in [1.54, 1.807) is 11.1 Å². The standard InChI is InChI=1S/C23H26ClN3O/c1-17-7-4-5-14-27(21-8-6-13-25-15-21)16-22(17)26(3)23(28)18(2)19-9-11-20(24)12-10-19/h6-13,15-16,18H,4-5,14H2,1-3H3. The van der Waals surface area contributed by atoms with Gasteiger partial charge in [0.05, 0.1) is 23.5 Å². The Morgan fingerprint density at radius 2 is 2.00 bits per heavy atom. The van der Waals surface area contributed by atoms with Crippen LogP contribution < -0.4 is 4.90 Å². The third-order valence-corrected chi connectivity index (χ3v) is 5.40. The largest absolute Gasteiger partial charge is 0.345 e. The van der Waals surface area contributed by atoms with Crippen LogP contribution in [-0.2, 0) is 4.79 Å². The molecule has 2 heterocycles. The van der Waals surface area contributed by atoms with Crippen LogP contribution in [0, 0.1) is 0 Å². The summed E-state index contributed by atoms with van der Waals surface area (Å²) in [6.45, 7) is 4.88. The van der Waals surface area contributed by atoms with Gasteiger partial charge in [-0.2, -0.15) is 0 Å². The van der Waals surface area contributed by atoms with Crippen LogP contribution in [0.5, 0.6) is 0 Å². The van der Waals surface area contributed by atoms with Crippen molar-refractivity contribution in [2.45, 2.75) is 32.6 Å². The predicted octanol–water partition coefficient (Wildman–Crippen LogP) is 5.39. The van der Waals surface area contributed by atoms with E-state index in [0.717, 1.165) is 41.9 Å². The Kier molecular flexibility index (Phi) is 6.53. The third kappa shape index (κ3) is 4.63. The molecule has 0 N–H and O–H groups in total. The fourth-order valence-electron chi connectivity index (χ4n) is 3.38. The summed E-state index contributed by atoms with van der Waals surface area (Å²) in [4.78, 5) is 21.4. The summed E-state index contributed by atoms with van der Waals surface area (Å²) in [7, 11) is 1.85. The van der Waals surface area contributed by atoms with Crippen LogP contribution >= 0.6 is 11.6 Å². The molecule has 0 aliphatic carbocycles. The summed E-state index contributed by atoms with van der Waals surface area (Å²) in [6.07, 6.45) is 9.93. The number of carbonyl (C=O) groups is 1. The van der Waals surface area contributed by atoms with Crippen LogP contribution in [0.15, 0.2) is 72.3 Å². The van der Waals surface area contributed by atoms with Crippen LogP contribution in [0.2, 0.25) is 5.02 Å². The van der Waals surface area contributed by atoms with Crippen molar-refractivity contribution in [2.75, 3.05) is 18.5 Å². The van der Waals surface area contributed by atoms with Crippen LogP contribution in [0.25, 0.3) is 0 Å². The first kappa shape index (κ1) is 20.2. The molecule has 1 amide bonds. The summed E-state index contributed by atoms with van der Waals surface area (Å²) in [5, 5.41) is 0.672. The Hall–Kier alpha value is -2.59. The van der Waals surface area contributed by atoms with Crippen molar-refractivity contribution in [1.29, 1.82) is 0 Å². The highest BCUT2D eigenvalue weighted by atomic mass is 35.5. The van der Waals surface area contributed by atoms with Crippen molar-refractivity contribution in [3.05, 3.63) is 82.9 Å². The number of anilines is 1. The van der Waals surface area contributed by atoms with E-state index in [0.29, 0.717) is 5.02 Å². The van der Waals surface area contributed by atoms with Gasteiger partial charge < -0.3 is 9.80 Å². The zero-order chi connectivity index (χ0) is 20.1. The number of carbonyl (C=O) groups excluding carboxylic acids is 1. The van der Waals surface area contributed by atoms with Gasteiger partial charge >= 0.3 is 0 Å². The minimum atomic E-state index is -0.256. The molecule has 0 spiro atoms. The molecule has 1 aromatic carbocycles. The van der Waals surface area contributed by atoms with Crippen molar-refractivity contribution in [1.82, 2.24) is 9.88 Å². The van der Waals surface area contributed by atoms with E-state index >= 15 is 0 Å². The number of pyridine rings is 1. The summed E-state index contributed by atoms with van der Waals surface area (Å²) in [5.74, 6) is -0.207. The molecule has 1 aliphatic heterocycles. The number of nitrogens with zero attached hydrogens (tertiary/aromatic N) is 3. The zero-order valence-corrected chi connectivity index (χ0v) is 17.4. The number of rotatable bonds is 4. The summed E-state index contributed by atoms with van der Waals surface area (Å²) in [6, 6.07) is 11.4. The second kappa shape index (κ2) is 9.07. The molecule has 4 nitrogen and oxygen atoms in total. The van der Waals surface area contributed by atoms with Gasteiger partial charge in [-0.05, 0) is 62.1 Å². The van der Waals surface area contributed by atoms with Gasteiger partial charge in [0, 0.05) is 31.0 Å². The minimum absolute atomic E-state index is 0.0491. The van der Waals surface area contributed by atoms with E-state index in [9.17, 15) is 4.79 Å². The van der Waals surface area contributed by atoms with Gasteiger partial charge in [-0.25, -0.2) is 0 Å². The average molecular weight is 396 g/mol. The van der Waals surface area contributed by atoms with Crippen LogP contribution in [0.3, 0.4) is 0 Å². The number of hydrogen-bond acceptors (Lipinski definition) is 3. The molecule has 3 rings (SSSR count). The SMILES string of the molecule is CC1=CCCCN(c2cccnc2)C=C1N(C)C(=O)C(C)c1ccc(Cl)cc1. The number of likely N-dealkylation sites (N-methyl/N-ethyl adjacent to an activating group) is 1. The lowest BCUT2D eigenvalue weighted by Crippen LogP contribution is -2.33. The summed E-state index contributed by atoms with van der Waals surface area (Å²) < 4.78 is 0. The van der Waals surface area contributed by atoms with Gasteiger partial charge in [-0.15, -0.1) is 0 Å². The molecule has 28 heavy (non-hydrogen) atoms. The van der Waals surface area contributed by atoms with E-state index in [2.05, 4.69) is 29.1 Å². The highest BCUT2D eigenvalue weighted by molar-refractivity contribution is 6.30. The van der Waals surface area contributed by atoms with Gasteiger partial charge in [0.25, 0.3) is 0 Å². The molecule has 1 aromatic heterocycles. The van der Waals surface area contributed by atoms with Crippen molar-refractivity contribution in [3.8, 4) is 0 Å². The molecule has 1 atom stereocenters. The summed E-state index contributed by atoms with van der Waals surface area (Å²) >= 11 is 5.98. The fourth-order valence-corrected chi connectivity index (χ4v) is 3.51. The first-order chi connectivity index (χ1) is 13.5. The maximum Gasteiger partial charge on any atom is 0.234 e. The molecular formula is C23H26ClN3O.